The zero-order chi connectivity index (χ0) is 34.4. The number of nitrogens with zero attached hydrogens (tertiary/aromatic N) is 4. The van der Waals surface area contributed by atoms with Crippen LogP contribution in [0.2, 0.25) is 0 Å². The van der Waals surface area contributed by atoms with Gasteiger partial charge >= 0.3 is 5.97 Å². The van der Waals surface area contributed by atoms with E-state index < -0.39 is 11.9 Å². The molecule has 0 aliphatic carbocycles. The van der Waals surface area contributed by atoms with Gasteiger partial charge in [0.25, 0.3) is 5.91 Å². The second-order valence-electron chi connectivity index (χ2n) is 13.3. The van der Waals surface area contributed by atoms with Crippen LogP contribution < -0.4 is 14.8 Å². The van der Waals surface area contributed by atoms with E-state index in [-0.39, 0.29) is 11.3 Å². The third kappa shape index (κ3) is 5.64. The van der Waals surface area contributed by atoms with Crippen LogP contribution in [0.25, 0.3) is 5.57 Å². The second-order valence-corrected chi connectivity index (χ2v) is 13.3. The molecule has 0 atom stereocenters. The number of hydrogen-bond donors (Lipinski definition) is 1. The van der Waals surface area contributed by atoms with E-state index in [1.807, 2.05) is 30.3 Å². The number of hydrazone groups is 1. The standard InChI is InChI=1S/C43H38N4O3/c1-28-12-18-34(19-13-28)45-24-6-8-30-26-32(16-22-37(30)45)39(40-41(43(49)50)44-47(42(40)48)36-10-4-3-5-11-36)33-17-23-38-31(27-33)9-7-25-46(38)35-20-14-29(2)15-21-35/h3-5,10-23,26-27H,6-9,24-25H2,1-2H3,(H,49,50). The number of rotatable bonds is 6. The molecule has 0 saturated carbocycles. The van der Waals surface area contributed by atoms with Crippen molar-refractivity contribution in [1.82, 2.24) is 0 Å². The number of carbonyl (C=O) groups is 2. The molecule has 248 valence electrons. The Morgan fingerprint density at radius 1 is 0.640 bits per heavy atom. The maximum Gasteiger partial charge on any atom is 0.357 e. The van der Waals surface area contributed by atoms with E-state index in [9.17, 15) is 14.7 Å². The maximum atomic E-state index is 14.4. The number of carboxylic acids is 1. The summed E-state index contributed by atoms with van der Waals surface area (Å²) in [6.07, 6.45) is 3.72. The fourth-order valence-corrected chi connectivity index (χ4v) is 7.47. The van der Waals surface area contributed by atoms with Crippen molar-refractivity contribution < 1.29 is 14.7 Å². The molecule has 0 saturated heterocycles. The molecule has 0 bridgehead atoms. The predicted molar refractivity (Wildman–Crippen MR) is 201 cm³/mol. The lowest BCUT2D eigenvalue weighted by Crippen LogP contribution is -2.26. The average molecular weight is 659 g/mol. The number of fused-ring (bicyclic) bond motifs is 2. The summed E-state index contributed by atoms with van der Waals surface area (Å²) in [6.45, 7) is 6.00. The molecule has 8 rings (SSSR count). The lowest BCUT2D eigenvalue weighted by Gasteiger charge is -2.33. The van der Waals surface area contributed by atoms with Crippen molar-refractivity contribution in [3.63, 3.8) is 0 Å². The van der Waals surface area contributed by atoms with Crippen LogP contribution in [0, 0.1) is 13.8 Å². The first-order chi connectivity index (χ1) is 24.4. The zero-order valence-electron chi connectivity index (χ0n) is 28.3. The van der Waals surface area contributed by atoms with E-state index in [0.717, 1.165) is 83.8 Å². The van der Waals surface area contributed by atoms with Gasteiger partial charge in [0.15, 0.2) is 5.71 Å². The quantitative estimate of drug-likeness (QED) is 0.185. The molecule has 5 aromatic carbocycles. The molecule has 50 heavy (non-hydrogen) atoms. The van der Waals surface area contributed by atoms with E-state index >= 15 is 0 Å². The van der Waals surface area contributed by atoms with Gasteiger partial charge in [-0.25, -0.2) is 4.79 Å². The third-order valence-electron chi connectivity index (χ3n) is 9.96. The smallest absolute Gasteiger partial charge is 0.357 e. The molecule has 0 aromatic heterocycles. The van der Waals surface area contributed by atoms with Gasteiger partial charge in [0, 0.05) is 41.4 Å². The lowest BCUT2D eigenvalue weighted by molar-refractivity contribution is -0.129. The minimum Gasteiger partial charge on any atom is -0.476 e. The molecule has 3 aliphatic heterocycles. The lowest BCUT2D eigenvalue weighted by atomic mass is 9.86. The Morgan fingerprint density at radius 2 is 1.14 bits per heavy atom. The first kappa shape index (κ1) is 31.3. The molecule has 5 aromatic rings. The van der Waals surface area contributed by atoms with Crippen LogP contribution >= 0.6 is 0 Å². The summed E-state index contributed by atoms with van der Waals surface area (Å²) in [6, 6.07) is 38.8. The highest BCUT2D eigenvalue weighted by molar-refractivity contribution is 6.55. The number of aliphatic carboxylic acids is 1. The van der Waals surface area contributed by atoms with Crippen molar-refractivity contribution in [2.45, 2.75) is 39.5 Å². The zero-order valence-corrected chi connectivity index (χ0v) is 28.3. The normalized spacial score (nSPS) is 15.5. The van der Waals surface area contributed by atoms with Crippen LogP contribution in [-0.2, 0) is 22.4 Å². The molecule has 0 spiro atoms. The minimum absolute atomic E-state index is 0.0960. The van der Waals surface area contributed by atoms with Crippen molar-refractivity contribution in [3.05, 3.63) is 154 Å². The number of carboxylic acid groups (broad SMARTS) is 1. The fourth-order valence-electron chi connectivity index (χ4n) is 7.47. The van der Waals surface area contributed by atoms with Crippen molar-refractivity contribution in [1.29, 1.82) is 0 Å². The summed E-state index contributed by atoms with van der Waals surface area (Å²) in [5.41, 5.74) is 11.8. The molecule has 0 fully saturated rings. The number of aryl methyl sites for hydroxylation is 4. The van der Waals surface area contributed by atoms with E-state index in [1.54, 1.807) is 12.1 Å². The molecule has 0 unspecified atom stereocenters. The average Bonchev–Trinajstić information content (AvgIpc) is 3.48. The second kappa shape index (κ2) is 12.8. The first-order valence-corrected chi connectivity index (χ1v) is 17.3. The topological polar surface area (TPSA) is 76.5 Å². The Balaban J connectivity index is 1.29. The Bertz CT molecular complexity index is 2080. The van der Waals surface area contributed by atoms with Crippen molar-refractivity contribution in [3.8, 4) is 0 Å². The van der Waals surface area contributed by atoms with Gasteiger partial charge in [0.2, 0.25) is 0 Å². The van der Waals surface area contributed by atoms with Gasteiger partial charge in [-0.3, -0.25) is 4.79 Å². The predicted octanol–water partition coefficient (Wildman–Crippen LogP) is 8.76. The molecule has 0 radical (unpaired) electrons. The van der Waals surface area contributed by atoms with Gasteiger partial charge in [-0.15, -0.1) is 0 Å². The Kier molecular flexibility index (Phi) is 8.03. The number of benzene rings is 5. The van der Waals surface area contributed by atoms with Gasteiger partial charge in [0.1, 0.15) is 0 Å². The van der Waals surface area contributed by atoms with E-state index in [0.29, 0.717) is 11.3 Å². The van der Waals surface area contributed by atoms with E-state index in [4.69, 9.17) is 0 Å². The number of hydrogen-bond acceptors (Lipinski definition) is 5. The summed E-state index contributed by atoms with van der Waals surface area (Å²) in [4.78, 5) is 31.9. The number of anilines is 5. The van der Waals surface area contributed by atoms with Crippen molar-refractivity contribution in [2.75, 3.05) is 27.9 Å². The van der Waals surface area contributed by atoms with Crippen molar-refractivity contribution >= 4 is 51.6 Å². The molecule has 3 heterocycles. The van der Waals surface area contributed by atoms with Crippen LogP contribution in [0.4, 0.5) is 28.4 Å². The summed E-state index contributed by atoms with van der Waals surface area (Å²) in [5.74, 6) is -1.70. The van der Waals surface area contributed by atoms with Gasteiger partial charge in [-0.1, -0.05) is 65.7 Å². The highest BCUT2D eigenvalue weighted by Crippen LogP contribution is 2.41. The summed E-state index contributed by atoms with van der Waals surface area (Å²) in [7, 11) is 0. The fraction of sp³-hybridized carbons (Fsp3) is 0.186. The third-order valence-corrected chi connectivity index (χ3v) is 9.96. The monoisotopic (exact) mass is 658 g/mol. The molecular weight excluding hydrogens is 620 g/mol. The molecule has 1 amide bonds. The molecular formula is C43H38N4O3. The van der Waals surface area contributed by atoms with Gasteiger partial charge < -0.3 is 14.9 Å². The summed E-state index contributed by atoms with van der Waals surface area (Å²) >= 11 is 0. The summed E-state index contributed by atoms with van der Waals surface area (Å²) in [5, 5.41) is 16.1. The highest BCUT2D eigenvalue weighted by Gasteiger charge is 2.39. The van der Waals surface area contributed by atoms with Crippen LogP contribution in [0.15, 0.2) is 126 Å². The molecule has 3 aliphatic rings. The Labute approximate surface area is 292 Å². The van der Waals surface area contributed by atoms with Gasteiger partial charge in [0.05, 0.1) is 11.3 Å². The van der Waals surface area contributed by atoms with Crippen LogP contribution in [0.5, 0.6) is 0 Å². The van der Waals surface area contributed by atoms with Gasteiger partial charge in [-0.2, -0.15) is 10.1 Å². The molecule has 7 nitrogen and oxygen atoms in total. The van der Waals surface area contributed by atoms with Crippen molar-refractivity contribution in [2.24, 2.45) is 5.10 Å². The Morgan fingerprint density at radius 3 is 1.62 bits per heavy atom. The maximum absolute atomic E-state index is 14.4. The summed E-state index contributed by atoms with van der Waals surface area (Å²) < 4.78 is 0. The first-order valence-electron chi connectivity index (χ1n) is 17.3. The largest absolute Gasteiger partial charge is 0.476 e. The molecule has 1 N–H and O–H groups in total. The Hall–Kier alpha value is -5.95. The molecule has 7 heteroatoms. The number of para-hydroxylation sites is 1. The van der Waals surface area contributed by atoms with E-state index in [1.165, 1.54) is 16.1 Å². The minimum atomic E-state index is -1.24. The SMILES string of the molecule is Cc1ccc(N2CCCc3cc(C(=C4C(=O)N(c5ccccc5)N=C4C(=O)O)c4ccc5c(c4)CCCN5c4ccc(C)cc4)ccc32)cc1. The van der Waals surface area contributed by atoms with Crippen LogP contribution in [0.1, 0.15) is 46.2 Å². The van der Waals surface area contributed by atoms with E-state index in [2.05, 4.69) is 102 Å². The highest BCUT2D eigenvalue weighted by atomic mass is 16.4. The van der Waals surface area contributed by atoms with Gasteiger partial charge in [-0.05, 0) is 122 Å². The number of carbonyl (C=O) groups excluding carboxylic acids is 1. The number of amides is 1. The van der Waals surface area contributed by atoms with Crippen LogP contribution in [0.3, 0.4) is 0 Å². The van der Waals surface area contributed by atoms with Crippen LogP contribution in [-0.4, -0.2) is 35.8 Å².